The number of hydrogen-bond donors (Lipinski definition) is 2. The van der Waals surface area contributed by atoms with Crippen molar-refractivity contribution in [1.29, 1.82) is 0 Å². The molecular formula is C18H21N3S. The van der Waals surface area contributed by atoms with Crippen LogP contribution in [0.4, 0.5) is 5.69 Å². The number of rotatable bonds is 3. The smallest absolute Gasteiger partial charge is 0.191 e. The van der Waals surface area contributed by atoms with Crippen molar-refractivity contribution in [3.05, 3.63) is 64.7 Å². The number of thiocarbonyl (C=S) groups is 1. The molecule has 0 aliphatic carbocycles. The molecule has 3 nitrogen and oxygen atoms in total. The molecule has 0 fully saturated rings. The number of aryl methyl sites for hydroxylation is 2. The average molecular weight is 311 g/mol. The third-order valence-corrected chi connectivity index (χ3v) is 3.84. The van der Waals surface area contributed by atoms with E-state index in [0.29, 0.717) is 5.11 Å². The lowest BCUT2D eigenvalue weighted by Crippen LogP contribution is -2.25. The van der Waals surface area contributed by atoms with E-state index in [-0.39, 0.29) is 0 Å². The van der Waals surface area contributed by atoms with Gasteiger partial charge in [-0.1, -0.05) is 42.0 Å². The highest BCUT2D eigenvalue weighted by Crippen LogP contribution is 2.17. The van der Waals surface area contributed by atoms with E-state index in [2.05, 4.69) is 66.9 Å². The lowest BCUT2D eigenvalue weighted by atomic mass is 10.1. The second-order valence-electron chi connectivity index (χ2n) is 5.38. The van der Waals surface area contributed by atoms with Crippen LogP contribution >= 0.6 is 12.2 Å². The van der Waals surface area contributed by atoms with Gasteiger partial charge in [0.05, 0.1) is 5.71 Å². The van der Waals surface area contributed by atoms with Crippen molar-refractivity contribution in [3.63, 3.8) is 0 Å². The first-order chi connectivity index (χ1) is 10.5. The Morgan fingerprint density at radius 3 is 2.36 bits per heavy atom. The Balaban J connectivity index is 2.01. The zero-order valence-corrected chi connectivity index (χ0v) is 14.2. The molecule has 2 rings (SSSR count). The topological polar surface area (TPSA) is 36.4 Å². The van der Waals surface area contributed by atoms with Gasteiger partial charge in [-0.3, -0.25) is 5.43 Å². The minimum atomic E-state index is 0.486. The molecule has 0 atom stereocenters. The maximum atomic E-state index is 5.30. The van der Waals surface area contributed by atoms with Crippen LogP contribution in [0.25, 0.3) is 0 Å². The number of hydrogen-bond acceptors (Lipinski definition) is 2. The van der Waals surface area contributed by atoms with Gasteiger partial charge in [0, 0.05) is 5.69 Å². The van der Waals surface area contributed by atoms with Gasteiger partial charge in [-0.25, -0.2) is 0 Å². The molecule has 2 aromatic rings. The van der Waals surface area contributed by atoms with Crippen LogP contribution in [-0.4, -0.2) is 10.8 Å². The van der Waals surface area contributed by atoms with Crippen molar-refractivity contribution in [2.75, 3.05) is 5.32 Å². The molecule has 2 aromatic carbocycles. The summed E-state index contributed by atoms with van der Waals surface area (Å²) in [5.74, 6) is 0. The number of nitrogens with one attached hydrogen (secondary N) is 2. The fourth-order valence-electron chi connectivity index (χ4n) is 2.03. The minimum absolute atomic E-state index is 0.486. The predicted molar refractivity (Wildman–Crippen MR) is 98.7 cm³/mol. The highest BCUT2D eigenvalue weighted by molar-refractivity contribution is 7.80. The molecule has 0 radical (unpaired) electrons. The lowest BCUT2D eigenvalue weighted by molar-refractivity contribution is 1.04. The number of anilines is 1. The Hall–Kier alpha value is -2.20. The molecule has 4 heteroatoms. The van der Waals surface area contributed by atoms with Crippen molar-refractivity contribution in [3.8, 4) is 0 Å². The number of nitrogens with zero attached hydrogens (tertiary/aromatic N) is 1. The van der Waals surface area contributed by atoms with Crippen molar-refractivity contribution in [1.82, 2.24) is 5.43 Å². The maximum Gasteiger partial charge on any atom is 0.191 e. The van der Waals surface area contributed by atoms with Crippen LogP contribution in [-0.2, 0) is 0 Å². The first-order valence-electron chi connectivity index (χ1n) is 7.22. The second kappa shape index (κ2) is 7.18. The van der Waals surface area contributed by atoms with E-state index in [4.69, 9.17) is 12.2 Å². The standard InChI is InChI=1S/C18H21N3S/c1-12-8-10-16(11-9-12)15(4)20-21-18(22)19-17-7-5-6-13(2)14(17)3/h5-11H,1-4H3,(H2,19,21,22)/b20-15+. The van der Waals surface area contributed by atoms with Crippen molar-refractivity contribution in [2.24, 2.45) is 5.10 Å². The summed E-state index contributed by atoms with van der Waals surface area (Å²) in [7, 11) is 0. The van der Waals surface area contributed by atoms with Crippen molar-refractivity contribution >= 4 is 28.7 Å². The zero-order chi connectivity index (χ0) is 16.1. The van der Waals surface area contributed by atoms with E-state index < -0.39 is 0 Å². The Bertz CT molecular complexity index is 703. The van der Waals surface area contributed by atoms with Gasteiger partial charge in [-0.15, -0.1) is 0 Å². The van der Waals surface area contributed by atoms with Crippen LogP contribution in [0.15, 0.2) is 47.6 Å². The Labute approximate surface area is 137 Å². The van der Waals surface area contributed by atoms with Crippen molar-refractivity contribution in [2.45, 2.75) is 27.7 Å². The predicted octanol–water partition coefficient (Wildman–Crippen LogP) is 4.32. The summed E-state index contributed by atoms with van der Waals surface area (Å²) in [4.78, 5) is 0. The molecule has 0 bridgehead atoms. The van der Waals surface area contributed by atoms with Gasteiger partial charge in [-0.05, 0) is 62.7 Å². The molecule has 0 unspecified atom stereocenters. The monoisotopic (exact) mass is 311 g/mol. The lowest BCUT2D eigenvalue weighted by Gasteiger charge is -2.12. The summed E-state index contributed by atoms with van der Waals surface area (Å²) in [6.45, 7) is 8.17. The van der Waals surface area contributed by atoms with Gasteiger partial charge in [0.15, 0.2) is 5.11 Å². The van der Waals surface area contributed by atoms with E-state index in [1.54, 1.807) is 0 Å². The summed E-state index contributed by atoms with van der Waals surface area (Å²) >= 11 is 5.30. The largest absolute Gasteiger partial charge is 0.331 e. The normalized spacial score (nSPS) is 11.2. The van der Waals surface area contributed by atoms with Gasteiger partial charge >= 0.3 is 0 Å². The van der Waals surface area contributed by atoms with Crippen LogP contribution < -0.4 is 10.7 Å². The Morgan fingerprint density at radius 2 is 1.68 bits per heavy atom. The molecule has 0 spiro atoms. The first kappa shape index (κ1) is 16.2. The molecule has 0 heterocycles. The van der Waals surface area contributed by atoms with Gasteiger partial charge in [0.1, 0.15) is 0 Å². The van der Waals surface area contributed by atoms with Crippen LogP contribution in [0, 0.1) is 20.8 Å². The molecule has 0 saturated carbocycles. The highest BCUT2D eigenvalue weighted by Gasteiger charge is 2.03. The fourth-order valence-corrected chi connectivity index (χ4v) is 2.19. The quantitative estimate of drug-likeness (QED) is 0.503. The second-order valence-corrected chi connectivity index (χ2v) is 5.78. The minimum Gasteiger partial charge on any atom is -0.331 e. The SMILES string of the molecule is C/C(=N\NC(=S)Nc1cccc(C)c1C)c1ccc(C)cc1. The molecule has 0 aliphatic rings. The summed E-state index contributed by atoms with van der Waals surface area (Å²) in [6, 6.07) is 14.3. The van der Waals surface area contributed by atoms with Crippen LogP contribution in [0.5, 0.6) is 0 Å². The molecule has 114 valence electrons. The summed E-state index contributed by atoms with van der Waals surface area (Å²) in [5.41, 5.74) is 9.52. The van der Waals surface area contributed by atoms with Crippen molar-refractivity contribution < 1.29 is 0 Å². The Kier molecular flexibility index (Phi) is 5.28. The highest BCUT2D eigenvalue weighted by atomic mass is 32.1. The van der Waals surface area contributed by atoms with E-state index >= 15 is 0 Å². The third kappa shape index (κ3) is 4.15. The van der Waals surface area contributed by atoms with Crippen LogP contribution in [0.2, 0.25) is 0 Å². The van der Waals surface area contributed by atoms with E-state index in [9.17, 15) is 0 Å². The Morgan fingerprint density at radius 1 is 1.00 bits per heavy atom. The average Bonchev–Trinajstić information content (AvgIpc) is 2.50. The van der Waals surface area contributed by atoms with E-state index in [1.807, 2.05) is 19.1 Å². The summed E-state index contributed by atoms with van der Waals surface area (Å²) in [5, 5.41) is 8.00. The van der Waals surface area contributed by atoms with Gasteiger partial charge < -0.3 is 5.32 Å². The van der Waals surface area contributed by atoms with Gasteiger partial charge in [0.25, 0.3) is 0 Å². The summed E-state index contributed by atoms with van der Waals surface area (Å²) in [6.07, 6.45) is 0. The molecule has 2 N–H and O–H groups in total. The van der Waals surface area contributed by atoms with Crippen LogP contribution in [0.3, 0.4) is 0 Å². The third-order valence-electron chi connectivity index (χ3n) is 3.65. The van der Waals surface area contributed by atoms with Gasteiger partial charge in [-0.2, -0.15) is 5.10 Å². The molecular weight excluding hydrogens is 290 g/mol. The fraction of sp³-hybridized carbons (Fsp3) is 0.222. The van der Waals surface area contributed by atoms with E-state index in [0.717, 1.165) is 17.0 Å². The summed E-state index contributed by atoms with van der Waals surface area (Å²) < 4.78 is 0. The molecule has 0 aromatic heterocycles. The molecule has 0 aliphatic heterocycles. The molecule has 0 saturated heterocycles. The maximum absolute atomic E-state index is 5.30. The van der Waals surface area contributed by atoms with E-state index in [1.165, 1.54) is 16.7 Å². The number of benzene rings is 2. The van der Waals surface area contributed by atoms with Crippen LogP contribution in [0.1, 0.15) is 29.2 Å². The number of hydrazone groups is 1. The molecule has 0 amide bonds. The van der Waals surface area contributed by atoms with Gasteiger partial charge in [0.2, 0.25) is 0 Å². The first-order valence-corrected chi connectivity index (χ1v) is 7.62. The molecule has 22 heavy (non-hydrogen) atoms. The zero-order valence-electron chi connectivity index (χ0n) is 13.4.